The molecule has 0 fully saturated rings. The molecule has 0 aliphatic heterocycles. The first-order valence-corrected chi connectivity index (χ1v) is 11.1. The maximum Gasteiger partial charge on any atom is 0.321 e. The molecule has 0 atom stereocenters. The van der Waals surface area contributed by atoms with Gasteiger partial charge >= 0.3 is 6.03 Å². The molecule has 0 saturated carbocycles. The molecule has 0 aliphatic carbocycles. The lowest BCUT2D eigenvalue weighted by molar-refractivity contribution is 0.0687. The van der Waals surface area contributed by atoms with E-state index in [0.717, 1.165) is 39.0 Å². The van der Waals surface area contributed by atoms with Gasteiger partial charge in [-0.1, -0.05) is 24.3 Å². The van der Waals surface area contributed by atoms with Gasteiger partial charge in [0.15, 0.2) is 11.0 Å². The molecule has 0 saturated heterocycles. The Labute approximate surface area is 189 Å². The van der Waals surface area contributed by atoms with Gasteiger partial charge in [-0.25, -0.2) is 19.7 Å². The molecule has 0 unspecified atom stereocenters. The average molecular weight is 449 g/mol. The van der Waals surface area contributed by atoms with Crippen LogP contribution < -0.4 is 10.6 Å². The van der Waals surface area contributed by atoms with E-state index in [1.807, 2.05) is 37.3 Å². The first kappa shape index (κ1) is 21.8. The second-order valence-corrected chi connectivity index (χ2v) is 8.84. The molecule has 0 bridgehead atoms. The van der Waals surface area contributed by atoms with Crippen molar-refractivity contribution in [2.24, 2.45) is 0 Å². The van der Waals surface area contributed by atoms with Gasteiger partial charge in [-0.15, -0.1) is 0 Å². The largest absolute Gasteiger partial charge is 0.382 e. The Bertz CT molecular complexity index is 1230. The van der Waals surface area contributed by atoms with Crippen molar-refractivity contribution in [1.82, 2.24) is 25.3 Å². The number of fused-ring (bicyclic) bond motifs is 1. The molecule has 3 aromatic heterocycles. The lowest BCUT2D eigenvalue weighted by Gasteiger charge is -2.15. The van der Waals surface area contributed by atoms with E-state index < -0.39 is 5.60 Å². The maximum absolute atomic E-state index is 12.1. The summed E-state index contributed by atoms with van der Waals surface area (Å²) in [6, 6.07) is 9.42. The fourth-order valence-corrected chi connectivity index (χ4v) is 4.10. The fraction of sp³-hybridized carbons (Fsp3) is 0.261. The number of aromatic nitrogens is 4. The van der Waals surface area contributed by atoms with E-state index in [1.165, 1.54) is 11.3 Å². The number of thiazole rings is 1. The number of carbonyl (C=O) groups is 1. The molecule has 8 nitrogen and oxygen atoms in total. The summed E-state index contributed by atoms with van der Waals surface area (Å²) >= 11 is 1.40. The van der Waals surface area contributed by atoms with Gasteiger partial charge in [0, 0.05) is 36.3 Å². The number of pyridine rings is 1. The summed E-state index contributed by atoms with van der Waals surface area (Å²) < 4.78 is 0.923. The molecular formula is C23H24N6O2S. The third-order valence-corrected chi connectivity index (χ3v) is 5.74. The number of amides is 2. The average Bonchev–Trinajstić information content (AvgIpc) is 3.19. The standard InChI is InChI=1S/C23H24N6O2S/c1-4-8-25-21(30)29-22-28-18-11-14(15-12-26-20(27-13-15)23(2,3)31)10-16(19(18)32-22)17-7-5-6-9-24-17/h5-7,9-13,31H,4,8H2,1-3H3,(H2,25,28,29,30). The number of benzene rings is 1. The minimum atomic E-state index is -1.12. The quantitative estimate of drug-likeness (QED) is 0.398. The lowest BCUT2D eigenvalue weighted by atomic mass is 10.0. The molecule has 3 heterocycles. The van der Waals surface area contributed by atoms with Crippen LogP contribution in [0.5, 0.6) is 0 Å². The topological polar surface area (TPSA) is 113 Å². The molecule has 164 valence electrons. The second kappa shape index (κ2) is 8.97. The van der Waals surface area contributed by atoms with E-state index in [9.17, 15) is 9.90 Å². The van der Waals surface area contributed by atoms with Crippen molar-refractivity contribution in [3.8, 4) is 22.4 Å². The van der Waals surface area contributed by atoms with E-state index in [2.05, 4.69) is 30.6 Å². The third kappa shape index (κ3) is 4.74. The molecule has 4 aromatic rings. The summed E-state index contributed by atoms with van der Waals surface area (Å²) in [6.45, 7) is 5.89. The number of hydrogen-bond acceptors (Lipinski definition) is 7. The van der Waals surface area contributed by atoms with Gasteiger partial charge in [0.25, 0.3) is 0 Å². The molecule has 9 heteroatoms. The predicted octanol–water partition coefficient (Wildman–Crippen LogP) is 4.57. The fourth-order valence-electron chi connectivity index (χ4n) is 3.14. The predicted molar refractivity (Wildman–Crippen MR) is 126 cm³/mol. The zero-order valence-corrected chi connectivity index (χ0v) is 18.9. The molecule has 4 rings (SSSR count). The highest BCUT2D eigenvalue weighted by molar-refractivity contribution is 7.22. The molecule has 0 radical (unpaired) electrons. The van der Waals surface area contributed by atoms with Crippen LogP contribution in [-0.2, 0) is 5.60 Å². The summed E-state index contributed by atoms with van der Waals surface area (Å²) in [7, 11) is 0. The summed E-state index contributed by atoms with van der Waals surface area (Å²) in [4.78, 5) is 29.9. The van der Waals surface area contributed by atoms with E-state index in [-0.39, 0.29) is 6.03 Å². The number of hydrogen-bond donors (Lipinski definition) is 3. The minimum absolute atomic E-state index is 0.277. The van der Waals surface area contributed by atoms with Crippen LogP contribution in [0, 0.1) is 0 Å². The van der Waals surface area contributed by atoms with E-state index in [4.69, 9.17) is 0 Å². The van der Waals surface area contributed by atoms with Crippen molar-refractivity contribution in [1.29, 1.82) is 0 Å². The molecule has 2 amide bonds. The Morgan fingerprint density at radius 3 is 2.56 bits per heavy atom. The maximum atomic E-state index is 12.1. The first-order valence-electron chi connectivity index (χ1n) is 10.3. The molecule has 1 aromatic carbocycles. The smallest absolute Gasteiger partial charge is 0.321 e. The molecular weight excluding hydrogens is 424 g/mol. The van der Waals surface area contributed by atoms with Crippen molar-refractivity contribution in [3.63, 3.8) is 0 Å². The van der Waals surface area contributed by atoms with Gasteiger partial charge in [-0.2, -0.15) is 0 Å². The SMILES string of the molecule is CCCNC(=O)Nc1nc2cc(-c3cnc(C(C)(C)O)nc3)cc(-c3ccccn3)c2s1. The summed E-state index contributed by atoms with van der Waals surface area (Å²) in [6.07, 6.45) is 5.98. The molecule has 3 N–H and O–H groups in total. The van der Waals surface area contributed by atoms with E-state index in [1.54, 1.807) is 32.4 Å². The Morgan fingerprint density at radius 2 is 1.91 bits per heavy atom. The number of aliphatic hydroxyl groups is 1. The van der Waals surface area contributed by atoms with Gasteiger partial charge in [0.05, 0.1) is 15.9 Å². The molecule has 0 aliphatic rings. The Kier molecular flexibility index (Phi) is 6.11. The van der Waals surface area contributed by atoms with Gasteiger partial charge in [0.2, 0.25) is 0 Å². The van der Waals surface area contributed by atoms with Crippen LogP contribution in [0.15, 0.2) is 48.9 Å². The zero-order chi connectivity index (χ0) is 22.7. The number of nitrogens with one attached hydrogen (secondary N) is 2. The third-order valence-electron chi connectivity index (χ3n) is 4.72. The molecule has 32 heavy (non-hydrogen) atoms. The first-order chi connectivity index (χ1) is 15.3. The zero-order valence-electron chi connectivity index (χ0n) is 18.1. The number of carbonyl (C=O) groups excluding carboxylic acids is 1. The van der Waals surface area contributed by atoms with Crippen LogP contribution in [0.4, 0.5) is 9.93 Å². The van der Waals surface area contributed by atoms with Crippen LogP contribution in [-0.4, -0.2) is 37.6 Å². The van der Waals surface area contributed by atoms with Crippen molar-refractivity contribution in [2.45, 2.75) is 32.8 Å². The van der Waals surface area contributed by atoms with Crippen LogP contribution in [0.3, 0.4) is 0 Å². The molecule has 0 spiro atoms. The van der Waals surface area contributed by atoms with Crippen molar-refractivity contribution >= 4 is 32.7 Å². The number of nitrogens with zero attached hydrogens (tertiary/aromatic N) is 4. The number of urea groups is 1. The monoisotopic (exact) mass is 448 g/mol. The highest BCUT2D eigenvalue weighted by Crippen LogP contribution is 2.38. The van der Waals surface area contributed by atoms with Gasteiger partial charge in [-0.3, -0.25) is 10.3 Å². The van der Waals surface area contributed by atoms with Gasteiger partial charge in [-0.05, 0) is 50.1 Å². The summed E-state index contributed by atoms with van der Waals surface area (Å²) in [5.41, 5.74) is 3.00. The van der Waals surface area contributed by atoms with Gasteiger partial charge in [0.1, 0.15) is 5.60 Å². The second-order valence-electron chi connectivity index (χ2n) is 7.84. The van der Waals surface area contributed by atoms with Crippen LogP contribution in [0.1, 0.15) is 33.0 Å². The van der Waals surface area contributed by atoms with Crippen molar-refractivity contribution in [2.75, 3.05) is 11.9 Å². The highest BCUT2D eigenvalue weighted by Gasteiger charge is 2.20. The summed E-state index contributed by atoms with van der Waals surface area (Å²) in [5.74, 6) is 0.352. The number of anilines is 1. The Hall–Kier alpha value is -3.43. The van der Waals surface area contributed by atoms with Gasteiger partial charge < -0.3 is 10.4 Å². The van der Waals surface area contributed by atoms with E-state index >= 15 is 0 Å². The highest BCUT2D eigenvalue weighted by atomic mass is 32.1. The minimum Gasteiger partial charge on any atom is -0.382 e. The van der Waals surface area contributed by atoms with E-state index in [0.29, 0.717) is 17.5 Å². The Balaban J connectivity index is 1.78. The summed E-state index contributed by atoms with van der Waals surface area (Å²) in [5, 5.41) is 16.2. The lowest BCUT2D eigenvalue weighted by Crippen LogP contribution is -2.29. The van der Waals surface area contributed by atoms with Crippen molar-refractivity contribution < 1.29 is 9.90 Å². The van der Waals surface area contributed by atoms with Crippen LogP contribution in [0.25, 0.3) is 32.6 Å². The Morgan fingerprint density at radius 1 is 1.12 bits per heavy atom. The van der Waals surface area contributed by atoms with Crippen LogP contribution >= 0.6 is 11.3 Å². The van der Waals surface area contributed by atoms with Crippen molar-refractivity contribution in [3.05, 3.63) is 54.7 Å². The normalized spacial score (nSPS) is 11.5. The van der Waals surface area contributed by atoms with Crippen LogP contribution in [0.2, 0.25) is 0 Å². The number of rotatable bonds is 6.